The number of nitrogens with one attached hydrogen (secondary N) is 1. The van der Waals surface area contributed by atoms with Gasteiger partial charge >= 0.3 is 0 Å². The van der Waals surface area contributed by atoms with Gasteiger partial charge in [-0.3, -0.25) is 4.98 Å². The van der Waals surface area contributed by atoms with Gasteiger partial charge in [0.05, 0.1) is 12.0 Å². The summed E-state index contributed by atoms with van der Waals surface area (Å²) in [5.74, 6) is 1.16. The molecule has 0 bridgehead atoms. The van der Waals surface area contributed by atoms with Crippen LogP contribution in [-0.4, -0.2) is 4.98 Å². The van der Waals surface area contributed by atoms with Crippen LogP contribution < -0.4 is 5.32 Å². The van der Waals surface area contributed by atoms with E-state index in [1.807, 2.05) is 6.26 Å². The molecular formula is C18H22N2O. The lowest BCUT2D eigenvalue weighted by molar-refractivity contribution is 0.409. The molecular weight excluding hydrogens is 260 g/mol. The topological polar surface area (TPSA) is 38.1 Å². The van der Waals surface area contributed by atoms with Gasteiger partial charge in [0.25, 0.3) is 0 Å². The van der Waals surface area contributed by atoms with Crippen molar-refractivity contribution in [2.24, 2.45) is 0 Å². The average molecular weight is 282 g/mol. The van der Waals surface area contributed by atoms with Crippen molar-refractivity contribution < 1.29 is 4.42 Å². The number of pyridine rings is 1. The van der Waals surface area contributed by atoms with E-state index in [-0.39, 0.29) is 0 Å². The SMILES string of the molecule is c1cc2c(o1)CCCC2NCc1ccc2c(n1)CCCC2. The molecule has 2 aliphatic carbocycles. The van der Waals surface area contributed by atoms with Gasteiger partial charge in [0, 0.05) is 30.3 Å². The van der Waals surface area contributed by atoms with Gasteiger partial charge in [-0.15, -0.1) is 0 Å². The van der Waals surface area contributed by atoms with Crippen LogP contribution in [0.15, 0.2) is 28.9 Å². The van der Waals surface area contributed by atoms with E-state index in [2.05, 4.69) is 23.5 Å². The molecule has 0 fully saturated rings. The summed E-state index contributed by atoms with van der Waals surface area (Å²) in [6.07, 6.45) is 10.3. The Balaban J connectivity index is 1.46. The van der Waals surface area contributed by atoms with E-state index < -0.39 is 0 Å². The number of aryl methyl sites for hydroxylation is 3. The van der Waals surface area contributed by atoms with Crippen molar-refractivity contribution in [3.05, 3.63) is 52.7 Å². The van der Waals surface area contributed by atoms with E-state index in [4.69, 9.17) is 9.40 Å². The molecule has 4 rings (SSSR count). The first kappa shape index (κ1) is 13.1. The Bertz CT molecular complexity index is 632. The summed E-state index contributed by atoms with van der Waals surface area (Å²) < 4.78 is 5.56. The van der Waals surface area contributed by atoms with Crippen molar-refractivity contribution >= 4 is 0 Å². The molecule has 110 valence electrons. The maximum atomic E-state index is 5.56. The van der Waals surface area contributed by atoms with Gasteiger partial charge in [-0.05, 0) is 56.2 Å². The number of aromatic nitrogens is 1. The fraction of sp³-hybridized carbons (Fsp3) is 0.500. The van der Waals surface area contributed by atoms with E-state index in [9.17, 15) is 0 Å². The van der Waals surface area contributed by atoms with Gasteiger partial charge < -0.3 is 9.73 Å². The fourth-order valence-electron chi connectivity index (χ4n) is 3.65. The van der Waals surface area contributed by atoms with Crippen LogP contribution in [0.25, 0.3) is 0 Å². The minimum absolute atomic E-state index is 0.422. The predicted octanol–water partition coefficient (Wildman–Crippen LogP) is 3.72. The molecule has 0 radical (unpaired) electrons. The number of hydrogen-bond acceptors (Lipinski definition) is 3. The molecule has 0 spiro atoms. The molecule has 3 nitrogen and oxygen atoms in total. The third kappa shape index (κ3) is 2.62. The molecule has 1 unspecified atom stereocenters. The van der Waals surface area contributed by atoms with Crippen molar-refractivity contribution in [1.29, 1.82) is 0 Å². The zero-order valence-electron chi connectivity index (χ0n) is 12.4. The van der Waals surface area contributed by atoms with E-state index in [1.54, 1.807) is 0 Å². The molecule has 0 aromatic carbocycles. The number of furan rings is 1. The number of rotatable bonds is 3. The second-order valence-electron chi connectivity index (χ2n) is 6.24. The number of fused-ring (bicyclic) bond motifs is 2. The average Bonchev–Trinajstić information content (AvgIpc) is 3.02. The Labute approximate surface area is 125 Å². The normalized spacial score (nSPS) is 20.9. The van der Waals surface area contributed by atoms with Crippen LogP contribution in [0.5, 0.6) is 0 Å². The van der Waals surface area contributed by atoms with Crippen molar-refractivity contribution in [1.82, 2.24) is 10.3 Å². The van der Waals surface area contributed by atoms with Crippen LogP contribution in [0.1, 0.15) is 60.0 Å². The zero-order chi connectivity index (χ0) is 14.1. The predicted molar refractivity (Wildman–Crippen MR) is 82.1 cm³/mol. The second-order valence-corrected chi connectivity index (χ2v) is 6.24. The highest BCUT2D eigenvalue weighted by atomic mass is 16.3. The van der Waals surface area contributed by atoms with Gasteiger partial charge in [0.1, 0.15) is 5.76 Å². The molecule has 21 heavy (non-hydrogen) atoms. The Kier molecular flexibility index (Phi) is 3.52. The van der Waals surface area contributed by atoms with Gasteiger partial charge in [-0.1, -0.05) is 6.07 Å². The summed E-state index contributed by atoms with van der Waals surface area (Å²) in [5, 5.41) is 3.66. The summed E-state index contributed by atoms with van der Waals surface area (Å²) in [6.45, 7) is 0.850. The van der Waals surface area contributed by atoms with Gasteiger partial charge in [-0.25, -0.2) is 0 Å². The molecule has 2 heterocycles. The summed E-state index contributed by atoms with van der Waals surface area (Å²) in [4.78, 5) is 4.86. The van der Waals surface area contributed by atoms with Crippen molar-refractivity contribution in [3.8, 4) is 0 Å². The standard InChI is InChI=1S/C18H22N2O/c1-2-5-16-13(4-1)8-9-14(20-16)12-19-17-6-3-7-18-15(17)10-11-21-18/h8-11,17,19H,1-7,12H2. The maximum absolute atomic E-state index is 5.56. The molecule has 2 aliphatic rings. The Morgan fingerprint density at radius 3 is 3.05 bits per heavy atom. The van der Waals surface area contributed by atoms with E-state index in [0.29, 0.717) is 6.04 Å². The lowest BCUT2D eigenvalue weighted by Gasteiger charge is -2.23. The van der Waals surface area contributed by atoms with Gasteiger partial charge in [-0.2, -0.15) is 0 Å². The van der Waals surface area contributed by atoms with E-state index in [0.717, 1.165) is 25.1 Å². The highest BCUT2D eigenvalue weighted by Crippen LogP contribution is 2.30. The third-order valence-electron chi connectivity index (χ3n) is 4.82. The summed E-state index contributed by atoms with van der Waals surface area (Å²) in [5.41, 5.74) is 5.30. The summed E-state index contributed by atoms with van der Waals surface area (Å²) in [7, 11) is 0. The molecule has 2 aromatic heterocycles. The molecule has 0 aliphatic heterocycles. The molecule has 1 atom stereocenters. The number of nitrogens with zero attached hydrogens (tertiary/aromatic N) is 1. The lowest BCUT2D eigenvalue weighted by atomic mass is 9.93. The van der Waals surface area contributed by atoms with Crippen molar-refractivity contribution in [2.45, 2.75) is 57.5 Å². The first-order valence-corrected chi connectivity index (χ1v) is 8.17. The van der Waals surface area contributed by atoms with Crippen LogP contribution in [0.4, 0.5) is 0 Å². The smallest absolute Gasteiger partial charge is 0.108 e. The van der Waals surface area contributed by atoms with E-state index in [1.165, 1.54) is 54.6 Å². The lowest BCUT2D eigenvalue weighted by Crippen LogP contribution is -2.24. The van der Waals surface area contributed by atoms with Crippen LogP contribution in [-0.2, 0) is 25.8 Å². The van der Waals surface area contributed by atoms with Crippen molar-refractivity contribution in [2.75, 3.05) is 0 Å². The largest absolute Gasteiger partial charge is 0.469 e. The summed E-state index contributed by atoms with van der Waals surface area (Å²) in [6, 6.07) is 7.01. The minimum Gasteiger partial charge on any atom is -0.469 e. The Morgan fingerprint density at radius 1 is 1.10 bits per heavy atom. The monoisotopic (exact) mass is 282 g/mol. The molecule has 1 N–H and O–H groups in total. The van der Waals surface area contributed by atoms with Gasteiger partial charge in [0.15, 0.2) is 0 Å². The quantitative estimate of drug-likeness (QED) is 0.932. The fourth-order valence-corrected chi connectivity index (χ4v) is 3.65. The van der Waals surface area contributed by atoms with Crippen LogP contribution in [0.3, 0.4) is 0 Å². The first-order valence-electron chi connectivity index (χ1n) is 8.17. The summed E-state index contributed by atoms with van der Waals surface area (Å²) >= 11 is 0. The van der Waals surface area contributed by atoms with E-state index >= 15 is 0 Å². The first-order chi connectivity index (χ1) is 10.4. The van der Waals surface area contributed by atoms with Gasteiger partial charge in [0.2, 0.25) is 0 Å². The minimum atomic E-state index is 0.422. The van der Waals surface area contributed by atoms with Crippen LogP contribution >= 0.6 is 0 Å². The number of hydrogen-bond donors (Lipinski definition) is 1. The molecule has 0 saturated carbocycles. The molecule has 2 aromatic rings. The van der Waals surface area contributed by atoms with Crippen molar-refractivity contribution in [3.63, 3.8) is 0 Å². The highest BCUT2D eigenvalue weighted by Gasteiger charge is 2.22. The third-order valence-corrected chi connectivity index (χ3v) is 4.82. The highest BCUT2D eigenvalue weighted by molar-refractivity contribution is 5.26. The van der Waals surface area contributed by atoms with Crippen LogP contribution in [0, 0.1) is 0 Å². The zero-order valence-corrected chi connectivity index (χ0v) is 12.4. The molecule has 0 saturated heterocycles. The molecule has 0 amide bonds. The second kappa shape index (κ2) is 5.64. The Hall–Kier alpha value is -1.61. The van der Waals surface area contributed by atoms with Crippen LogP contribution in [0.2, 0.25) is 0 Å². The molecule has 3 heteroatoms. The maximum Gasteiger partial charge on any atom is 0.108 e. The Morgan fingerprint density at radius 2 is 2.05 bits per heavy atom.